The zero-order valence-corrected chi connectivity index (χ0v) is 20.9. The minimum atomic E-state index is -0.820. The molecule has 2 fully saturated rings. The van der Waals surface area contributed by atoms with Crippen LogP contribution >= 0.6 is 11.6 Å². The van der Waals surface area contributed by atoms with Crippen LogP contribution in [-0.4, -0.2) is 77.6 Å². The minimum absolute atomic E-state index is 0.0229. The molecular formula is C28H33ClFN3O2. The maximum absolute atomic E-state index is 13.1. The van der Waals surface area contributed by atoms with Crippen molar-refractivity contribution in [1.29, 1.82) is 0 Å². The fourth-order valence-electron chi connectivity index (χ4n) is 4.50. The number of carbonyl (C=O) groups excluding carboxylic acids is 1. The Labute approximate surface area is 212 Å². The van der Waals surface area contributed by atoms with Gasteiger partial charge in [0, 0.05) is 56.9 Å². The third-order valence-corrected chi connectivity index (χ3v) is 7.12. The fraction of sp³-hybridized carbons (Fsp3) is 0.393. The Morgan fingerprint density at radius 3 is 2.37 bits per heavy atom. The largest absolute Gasteiger partial charge is 0.386 e. The van der Waals surface area contributed by atoms with Gasteiger partial charge in [-0.15, -0.1) is 0 Å². The number of nitrogens with zero attached hydrogens (tertiary/aromatic N) is 3. The number of hydrogen-bond donors (Lipinski definition) is 1. The number of aliphatic hydroxyl groups is 1. The molecule has 1 amide bonds. The molecule has 1 N–H and O–H groups in total. The predicted molar refractivity (Wildman–Crippen MR) is 139 cm³/mol. The van der Waals surface area contributed by atoms with Gasteiger partial charge < -0.3 is 14.9 Å². The molecule has 5 nitrogen and oxygen atoms in total. The molecule has 0 radical (unpaired) electrons. The molecule has 0 spiro atoms. The van der Waals surface area contributed by atoms with E-state index >= 15 is 0 Å². The van der Waals surface area contributed by atoms with E-state index in [-0.39, 0.29) is 11.7 Å². The summed E-state index contributed by atoms with van der Waals surface area (Å²) in [4.78, 5) is 19.2. The van der Waals surface area contributed by atoms with Gasteiger partial charge in [0.05, 0.1) is 5.60 Å². The van der Waals surface area contributed by atoms with Crippen LogP contribution < -0.4 is 0 Å². The first-order valence-corrected chi connectivity index (χ1v) is 12.5. The monoisotopic (exact) mass is 497 g/mol. The molecule has 7 heteroatoms. The number of benzene rings is 2. The second-order valence-electron chi connectivity index (χ2n) is 9.57. The van der Waals surface area contributed by atoms with E-state index in [0.29, 0.717) is 31.0 Å². The highest BCUT2D eigenvalue weighted by Gasteiger charge is 2.28. The molecule has 2 saturated heterocycles. The minimum Gasteiger partial charge on any atom is -0.386 e. The number of likely N-dealkylation sites (tertiary alicyclic amines) is 1. The summed E-state index contributed by atoms with van der Waals surface area (Å²) in [6.45, 7) is 5.32. The summed E-state index contributed by atoms with van der Waals surface area (Å²) in [5, 5.41) is 11.5. The highest BCUT2D eigenvalue weighted by atomic mass is 35.5. The Balaban J connectivity index is 1.35. The summed E-state index contributed by atoms with van der Waals surface area (Å²) >= 11 is 6.23. The smallest absolute Gasteiger partial charge is 0.246 e. The molecule has 2 aromatic rings. The van der Waals surface area contributed by atoms with Crippen molar-refractivity contribution in [3.8, 4) is 0 Å². The van der Waals surface area contributed by atoms with E-state index in [1.807, 2.05) is 41.3 Å². The normalized spacial score (nSPS) is 19.6. The number of carbonyl (C=O) groups is 1. The average molecular weight is 498 g/mol. The lowest BCUT2D eigenvalue weighted by atomic mass is 9.90. The van der Waals surface area contributed by atoms with Crippen LogP contribution in [0.15, 0.2) is 54.6 Å². The molecular weight excluding hydrogens is 465 g/mol. The van der Waals surface area contributed by atoms with Crippen molar-refractivity contribution in [2.24, 2.45) is 0 Å². The molecule has 0 aromatic heterocycles. The molecule has 0 unspecified atom stereocenters. The van der Waals surface area contributed by atoms with Gasteiger partial charge in [-0.25, -0.2) is 4.39 Å². The summed E-state index contributed by atoms with van der Waals surface area (Å²) < 4.78 is 13.1. The van der Waals surface area contributed by atoms with Crippen LogP contribution in [0.4, 0.5) is 4.39 Å². The Morgan fingerprint density at radius 2 is 1.69 bits per heavy atom. The molecule has 2 aliphatic heterocycles. The van der Waals surface area contributed by atoms with Crippen LogP contribution in [0.2, 0.25) is 5.02 Å². The summed E-state index contributed by atoms with van der Waals surface area (Å²) in [6.07, 6.45) is 8.60. The molecule has 35 heavy (non-hydrogen) atoms. The number of amides is 1. The Bertz CT molecular complexity index is 1070. The maximum Gasteiger partial charge on any atom is 0.246 e. The lowest BCUT2D eigenvalue weighted by molar-refractivity contribution is -0.127. The van der Waals surface area contributed by atoms with Crippen molar-refractivity contribution in [2.75, 3.05) is 46.3 Å². The summed E-state index contributed by atoms with van der Waals surface area (Å²) in [6, 6.07) is 12.1. The second-order valence-corrected chi connectivity index (χ2v) is 10.0. The molecule has 4 rings (SSSR count). The molecule has 0 bridgehead atoms. The summed E-state index contributed by atoms with van der Waals surface area (Å²) in [5.41, 5.74) is 2.00. The molecule has 0 saturated carbocycles. The van der Waals surface area contributed by atoms with Gasteiger partial charge in [0.15, 0.2) is 0 Å². The third-order valence-electron chi connectivity index (χ3n) is 6.88. The SMILES string of the molecule is CN1CCC(O)(/C=C/c2cc(Cl)ccc2/C=C/C(=O)N2CCN(Cc3ccc(F)cc3)CC2)CC1. The zero-order valence-electron chi connectivity index (χ0n) is 20.2. The van der Waals surface area contributed by atoms with Crippen LogP contribution in [0.25, 0.3) is 12.2 Å². The van der Waals surface area contributed by atoms with E-state index in [1.54, 1.807) is 18.2 Å². The number of rotatable bonds is 6. The highest BCUT2D eigenvalue weighted by molar-refractivity contribution is 6.30. The second kappa shape index (κ2) is 11.5. The van der Waals surface area contributed by atoms with E-state index in [0.717, 1.165) is 49.4 Å². The van der Waals surface area contributed by atoms with Gasteiger partial charge in [-0.3, -0.25) is 9.69 Å². The lowest BCUT2D eigenvalue weighted by Gasteiger charge is -2.34. The first-order valence-electron chi connectivity index (χ1n) is 12.1. The van der Waals surface area contributed by atoms with Gasteiger partial charge in [0.2, 0.25) is 5.91 Å². The average Bonchev–Trinajstić information content (AvgIpc) is 2.86. The topological polar surface area (TPSA) is 47.0 Å². The number of piperidine rings is 1. The number of piperazine rings is 1. The van der Waals surface area contributed by atoms with Crippen molar-refractivity contribution in [2.45, 2.75) is 25.0 Å². The molecule has 2 aromatic carbocycles. The van der Waals surface area contributed by atoms with Crippen LogP contribution in [-0.2, 0) is 11.3 Å². The van der Waals surface area contributed by atoms with Crippen LogP contribution in [0.1, 0.15) is 29.5 Å². The third kappa shape index (κ3) is 7.24. The first kappa shape index (κ1) is 25.6. The number of halogens is 2. The van der Waals surface area contributed by atoms with E-state index < -0.39 is 5.60 Å². The Kier molecular flexibility index (Phi) is 8.39. The van der Waals surface area contributed by atoms with E-state index in [1.165, 1.54) is 12.1 Å². The van der Waals surface area contributed by atoms with Crippen molar-refractivity contribution in [3.63, 3.8) is 0 Å². The van der Waals surface area contributed by atoms with Crippen molar-refractivity contribution >= 4 is 29.7 Å². The van der Waals surface area contributed by atoms with Gasteiger partial charge in [-0.05, 0) is 66.9 Å². The van der Waals surface area contributed by atoms with Gasteiger partial charge in [-0.2, -0.15) is 0 Å². The van der Waals surface area contributed by atoms with E-state index in [2.05, 4.69) is 16.8 Å². The fourth-order valence-corrected chi connectivity index (χ4v) is 4.68. The van der Waals surface area contributed by atoms with E-state index in [4.69, 9.17) is 11.6 Å². The maximum atomic E-state index is 13.1. The van der Waals surface area contributed by atoms with Crippen LogP contribution in [0, 0.1) is 5.82 Å². The summed E-state index contributed by atoms with van der Waals surface area (Å²) in [5.74, 6) is -0.252. The summed E-state index contributed by atoms with van der Waals surface area (Å²) in [7, 11) is 2.06. The molecule has 2 heterocycles. The lowest BCUT2D eigenvalue weighted by Crippen LogP contribution is -2.47. The van der Waals surface area contributed by atoms with Crippen molar-refractivity contribution in [3.05, 3.63) is 82.1 Å². The van der Waals surface area contributed by atoms with Gasteiger partial charge in [0.25, 0.3) is 0 Å². The van der Waals surface area contributed by atoms with Crippen LogP contribution in [0.3, 0.4) is 0 Å². The zero-order chi connectivity index (χ0) is 24.8. The van der Waals surface area contributed by atoms with Crippen molar-refractivity contribution in [1.82, 2.24) is 14.7 Å². The van der Waals surface area contributed by atoms with Crippen LogP contribution in [0.5, 0.6) is 0 Å². The van der Waals surface area contributed by atoms with Crippen molar-refractivity contribution < 1.29 is 14.3 Å². The molecule has 186 valence electrons. The Morgan fingerprint density at radius 1 is 1.00 bits per heavy atom. The molecule has 0 atom stereocenters. The predicted octanol–water partition coefficient (Wildman–Crippen LogP) is 4.31. The quantitative estimate of drug-likeness (QED) is 0.604. The van der Waals surface area contributed by atoms with Gasteiger partial charge in [0.1, 0.15) is 5.82 Å². The highest BCUT2D eigenvalue weighted by Crippen LogP contribution is 2.26. The van der Waals surface area contributed by atoms with Gasteiger partial charge >= 0.3 is 0 Å². The molecule has 2 aliphatic rings. The standard InChI is InChI=1S/C28H33ClFN3O2/c1-31-14-12-28(35,13-15-31)11-10-24-20-25(29)6-4-23(24)5-9-27(34)33-18-16-32(17-19-33)21-22-2-7-26(30)8-3-22/h2-11,20,35H,12-19,21H2,1H3/b9-5+,11-10+. The molecule has 0 aliphatic carbocycles. The van der Waals surface area contributed by atoms with Gasteiger partial charge in [-0.1, -0.05) is 42.0 Å². The Hall–Kier alpha value is -2.51. The number of hydrogen-bond acceptors (Lipinski definition) is 4. The van der Waals surface area contributed by atoms with E-state index in [9.17, 15) is 14.3 Å². The first-order chi connectivity index (χ1) is 16.8.